The number of ether oxygens (including phenoxy) is 1. The minimum Gasteiger partial charge on any atom is -0.379 e. The molecule has 1 aliphatic rings. The van der Waals surface area contributed by atoms with Gasteiger partial charge in [-0.05, 0) is 26.2 Å². The Bertz CT molecular complexity index is 383. The van der Waals surface area contributed by atoms with Gasteiger partial charge in [0.1, 0.15) is 5.82 Å². The summed E-state index contributed by atoms with van der Waals surface area (Å²) >= 11 is 0. The van der Waals surface area contributed by atoms with Gasteiger partial charge in [-0.25, -0.2) is 4.98 Å². The monoisotopic (exact) mass is 236 g/mol. The van der Waals surface area contributed by atoms with Crippen LogP contribution in [0.15, 0.2) is 6.20 Å². The molecule has 0 aromatic carbocycles. The zero-order chi connectivity index (χ0) is 12.3. The van der Waals surface area contributed by atoms with Crippen LogP contribution in [0.25, 0.3) is 0 Å². The molecule has 0 spiro atoms. The maximum atomic E-state index is 5.47. The van der Waals surface area contributed by atoms with Crippen molar-refractivity contribution in [1.82, 2.24) is 9.97 Å². The van der Waals surface area contributed by atoms with Crippen molar-refractivity contribution in [3.05, 3.63) is 11.8 Å². The molecule has 5 nitrogen and oxygen atoms in total. The SMILES string of the molecule is CNc1ncc(C)c(NC2CCCC2OC)n1. The van der Waals surface area contributed by atoms with Crippen LogP contribution in [0.4, 0.5) is 11.8 Å². The number of methoxy groups -OCH3 is 1. The predicted octanol–water partition coefficient (Wildman–Crippen LogP) is 1.81. The van der Waals surface area contributed by atoms with Crippen molar-refractivity contribution in [2.24, 2.45) is 0 Å². The Balaban J connectivity index is 2.12. The lowest BCUT2D eigenvalue weighted by molar-refractivity contribution is 0.101. The van der Waals surface area contributed by atoms with Gasteiger partial charge in [-0.1, -0.05) is 0 Å². The summed E-state index contributed by atoms with van der Waals surface area (Å²) in [6.45, 7) is 2.01. The van der Waals surface area contributed by atoms with E-state index in [1.165, 1.54) is 6.42 Å². The number of nitrogens with one attached hydrogen (secondary N) is 2. The molecule has 0 amide bonds. The zero-order valence-electron chi connectivity index (χ0n) is 10.7. The first-order chi connectivity index (χ1) is 8.24. The molecular weight excluding hydrogens is 216 g/mol. The van der Waals surface area contributed by atoms with E-state index >= 15 is 0 Å². The zero-order valence-corrected chi connectivity index (χ0v) is 10.7. The Hall–Kier alpha value is -1.36. The van der Waals surface area contributed by atoms with Crippen molar-refractivity contribution in [2.75, 3.05) is 24.8 Å². The maximum absolute atomic E-state index is 5.47. The molecule has 0 radical (unpaired) electrons. The quantitative estimate of drug-likeness (QED) is 0.835. The van der Waals surface area contributed by atoms with Crippen molar-refractivity contribution in [1.29, 1.82) is 0 Å². The van der Waals surface area contributed by atoms with Gasteiger partial charge >= 0.3 is 0 Å². The van der Waals surface area contributed by atoms with Gasteiger partial charge in [-0.15, -0.1) is 0 Å². The third-order valence-electron chi connectivity index (χ3n) is 3.27. The summed E-state index contributed by atoms with van der Waals surface area (Å²) in [6, 6.07) is 0.360. The fourth-order valence-electron chi connectivity index (χ4n) is 2.26. The smallest absolute Gasteiger partial charge is 0.224 e. The number of aryl methyl sites for hydroxylation is 1. The summed E-state index contributed by atoms with van der Waals surface area (Å²) in [5, 5.41) is 6.42. The first-order valence-corrected chi connectivity index (χ1v) is 6.05. The van der Waals surface area contributed by atoms with E-state index in [0.717, 1.165) is 24.2 Å². The molecule has 94 valence electrons. The summed E-state index contributed by atoms with van der Waals surface area (Å²) in [5.74, 6) is 1.54. The van der Waals surface area contributed by atoms with Crippen molar-refractivity contribution in [2.45, 2.75) is 38.3 Å². The molecule has 2 rings (SSSR count). The molecular formula is C12H20N4O. The predicted molar refractivity (Wildman–Crippen MR) is 68.4 cm³/mol. The molecule has 1 aliphatic carbocycles. The first kappa shape index (κ1) is 12.1. The van der Waals surface area contributed by atoms with Gasteiger partial charge in [0.05, 0.1) is 12.1 Å². The third-order valence-corrected chi connectivity index (χ3v) is 3.27. The van der Waals surface area contributed by atoms with Gasteiger partial charge in [0, 0.05) is 25.9 Å². The third kappa shape index (κ3) is 2.66. The molecule has 1 heterocycles. The summed E-state index contributed by atoms with van der Waals surface area (Å²) in [4.78, 5) is 8.61. The highest BCUT2D eigenvalue weighted by Gasteiger charge is 2.27. The second kappa shape index (κ2) is 5.31. The number of rotatable bonds is 4. The average Bonchev–Trinajstić information content (AvgIpc) is 2.79. The number of anilines is 2. The Kier molecular flexibility index (Phi) is 3.78. The first-order valence-electron chi connectivity index (χ1n) is 6.05. The highest BCUT2D eigenvalue weighted by molar-refractivity contribution is 5.47. The Morgan fingerprint density at radius 3 is 2.94 bits per heavy atom. The van der Waals surface area contributed by atoms with E-state index in [-0.39, 0.29) is 0 Å². The van der Waals surface area contributed by atoms with Crippen molar-refractivity contribution >= 4 is 11.8 Å². The topological polar surface area (TPSA) is 59.1 Å². The minimum absolute atomic E-state index is 0.294. The normalized spacial score (nSPS) is 23.7. The molecule has 5 heteroatoms. The molecule has 2 atom stereocenters. The molecule has 1 aromatic rings. The highest BCUT2D eigenvalue weighted by atomic mass is 16.5. The van der Waals surface area contributed by atoms with Gasteiger partial charge in [0.25, 0.3) is 0 Å². The van der Waals surface area contributed by atoms with Crippen LogP contribution in [0.1, 0.15) is 24.8 Å². The fourth-order valence-corrected chi connectivity index (χ4v) is 2.26. The fraction of sp³-hybridized carbons (Fsp3) is 0.667. The highest BCUT2D eigenvalue weighted by Crippen LogP contribution is 2.25. The van der Waals surface area contributed by atoms with Crippen LogP contribution in [-0.4, -0.2) is 36.3 Å². The summed E-state index contributed by atoms with van der Waals surface area (Å²) in [6.07, 6.45) is 5.59. The average molecular weight is 236 g/mol. The Labute approximate surface area is 102 Å². The van der Waals surface area contributed by atoms with E-state index in [2.05, 4.69) is 20.6 Å². The molecule has 2 N–H and O–H groups in total. The van der Waals surface area contributed by atoms with E-state index < -0.39 is 0 Å². The summed E-state index contributed by atoms with van der Waals surface area (Å²) in [5.41, 5.74) is 1.06. The van der Waals surface area contributed by atoms with Crippen LogP contribution in [0, 0.1) is 6.92 Å². The van der Waals surface area contributed by atoms with Gasteiger partial charge in [0.15, 0.2) is 0 Å². The summed E-state index contributed by atoms with van der Waals surface area (Å²) in [7, 11) is 3.60. The number of hydrogen-bond acceptors (Lipinski definition) is 5. The van der Waals surface area contributed by atoms with Crippen LogP contribution in [0.3, 0.4) is 0 Å². The molecule has 0 saturated heterocycles. The van der Waals surface area contributed by atoms with Gasteiger partial charge in [-0.2, -0.15) is 4.98 Å². The van der Waals surface area contributed by atoms with Crippen LogP contribution < -0.4 is 10.6 Å². The number of hydrogen-bond donors (Lipinski definition) is 2. The van der Waals surface area contributed by atoms with E-state index in [1.54, 1.807) is 7.11 Å². The van der Waals surface area contributed by atoms with E-state index in [1.807, 2.05) is 20.2 Å². The second-order valence-electron chi connectivity index (χ2n) is 4.43. The maximum Gasteiger partial charge on any atom is 0.224 e. The Morgan fingerprint density at radius 1 is 1.41 bits per heavy atom. The van der Waals surface area contributed by atoms with Crippen LogP contribution in [0.5, 0.6) is 0 Å². The van der Waals surface area contributed by atoms with Crippen LogP contribution in [-0.2, 0) is 4.74 Å². The van der Waals surface area contributed by atoms with E-state index in [0.29, 0.717) is 18.1 Å². The number of nitrogens with zero attached hydrogens (tertiary/aromatic N) is 2. The molecule has 17 heavy (non-hydrogen) atoms. The largest absolute Gasteiger partial charge is 0.379 e. The molecule has 0 bridgehead atoms. The lowest BCUT2D eigenvalue weighted by Crippen LogP contribution is -2.30. The standard InChI is InChI=1S/C12H20N4O/c1-8-7-14-12(13-2)16-11(8)15-9-5-4-6-10(9)17-3/h7,9-10H,4-6H2,1-3H3,(H2,13,14,15,16). The van der Waals surface area contributed by atoms with E-state index in [4.69, 9.17) is 4.74 Å². The molecule has 0 aliphatic heterocycles. The van der Waals surface area contributed by atoms with Crippen molar-refractivity contribution in [3.8, 4) is 0 Å². The van der Waals surface area contributed by atoms with Crippen LogP contribution >= 0.6 is 0 Å². The molecule has 1 fully saturated rings. The second-order valence-corrected chi connectivity index (χ2v) is 4.43. The summed E-state index contributed by atoms with van der Waals surface area (Å²) < 4.78 is 5.47. The van der Waals surface area contributed by atoms with Gasteiger partial charge in [-0.3, -0.25) is 0 Å². The Morgan fingerprint density at radius 2 is 2.24 bits per heavy atom. The lowest BCUT2D eigenvalue weighted by atomic mass is 10.2. The molecule has 1 saturated carbocycles. The van der Waals surface area contributed by atoms with Crippen LogP contribution in [0.2, 0.25) is 0 Å². The lowest BCUT2D eigenvalue weighted by Gasteiger charge is -2.21. The van der Waals surface area contributed by atoms with Gasteiger partial charge < -0.3 is 15.4 Å². The molecule has 1 aromatic heterocycles. The van der Waals surface area contributed by atoms with Gasteiger partial charge in [0.2, 0.25) is 5.95 Å². The molecule has 2 unspecified atom stereocenters. The van der Waals surface area contributed by atoms with Crippen molar-refractivity contribution < 1.29 is 4.74 Å². The number of aromatic nitrogens is 2. The van der Waals surface area contributed by atoms with Crippen molar-refractivity contribution in [3.63, 3.8) is 0 Å². The minimum atomic E-state index is 0.294. The van der Waals surface area contributed by atoms with E-state index in [9.17, 15) is 0 Å².